The summed E-state index contributed by atoms with van der Waals surface area (Å²) in [5.41, 5.74) is 0.818. The second-order valence-electron chi connectivity index (χ2n) is 7.79. The van der Waals surface area contributed by atoms with Gasteiger partial charge in [0, 0.05) is 11.4 Å². The van der Waals surface area contributed by atoms with Crippen molar-refractivity contribution in [1.29, 1.82) is 0 Å². The number of anilines is 1. The summed E-state index contributed by atoms with van der Waals surface area (Å²) < 4.78 is 13.6. The molecule has 0 aliphatic heterocycles. The summed E-state index contributed by atoms with van der Waals surface area (Å²) in [5, 5.41) is 12.5. The van der Waals surface area contributed by atoms with Crippen LogP contribution < -0.4 is 14.8 Å². The molecule has 0 saturated carbocycles. The number of ether oxygens (including phenoxy) is 2. The molecule has 1 aromatic heterocycles. The van der Waals surface area contributed by atoms with E-state index in [1.807, 2.05) is 66.3 Å². The van der Waals surface area contributed by atoms with E-state index in [0.29, 0.717) is 28.4 Å². The van der Waals surface area contributed by atoms with Crippen LogP contribution in [0.2, 0.25) is 0 Å². The van der Waals surface area contributed by atoms with E-state index in [1.165, 1.54) is 11.8 Å². The lowest BCUT2D eigenvalue weighted by Crippen LogP contribution is -2.17. The molecule has 0 radical (unpaired) electrons. The van der Waals surface area contributed by atoms with E-state index in [2.05, 4.69) is 29.4 Å². The van der Waals surface area contributed by atoms with E-state index in [0.717, 1.165) is 17.1 Å². The van der Waals surface area contributed by atoms with Crippen molar-refractivity contribution >= 4 is 35.1 Å². The maximum absolute atomic E-state index is 12.6. The highest BCUT2D eigenvalue weighted by Gasteiger charge is 2.22. The smallest absolute Gasteiger partial charge is 0.234 e. The van der Waals surface area contributed by atoms with Crippen LogP contribution in [0.15, 0.2) is 58.6 Å². The van der Waals surface area contributed by atoms with Crippen LogP contribution in [0.1, 0.15) is 32.7 Å². The SMILES string of the molecule is COc1ccccc1OC(C)c1nnc(SCC(=O)Nc2ccccc2SC)n1CC(C)C. The van der Waals surface area contributed by atoms with Crippen LogP contribution in [0.25, 0.3) is 0 Å². The number of hydrogen-bond donors (Lipinski definition) is 1. The van der Waals surface area contributed by atoms with Crippen molar-refractivity contribution in [2.75, 3.05) is 24.4 Å². The molecule has 7 nitrogen and oxygen atoms in total. The Bertz CT molecular complexity index is 1070. The maximum Gasteiger partial charge on any atom is 0.234 e. The molecule has 3 rings (SSSR count). The van der Waals surface area contributed by atoms with E-state index >= 15 is 0 Å². The predicted octanol–water partition coefficient (Wildman–Crippen LogP) is 5.54. The summed E-state index contributed by atoms with van der Waals surface area (Å²) in [7, 11) is 1.62. The minimum absolute atomic E-state index is 0.0829. The van der Waals surface area contributed by atoms with Crippen molar-refractivity contribution in [3.8, 4) is 11.5 Å². The minimum Gasteiger partial charge on any atom is -0.493 e. The Balaban J connectivity index is 1.73. The molecule has 33 heavy (non-hydrogen) atoms. The van der Waals surface area contributed by atoms with Crippen molar-refractivity contribution in [3.63, 3.8) is 0 Å². The normalized spacial score (nSPS) is 11.9. The third-order valence-electron chi connectivity index (χ3n) is 4.74. The number of thioether (sulfide) groups is 2. The van der Waals surface area contributed by atoms with Crippen molar-refractivity contribution < 1.29 is 14.3 Å². The first kappa shape index (κ1) is 25.0. The van der Waals surface area contributed by atoms with Crippen LogP contribution in [0, 0.1) is 5.92 Å². The van der Waals surface area contributed by atoms with Crippen molar-refractivity contribution in [3.05, 3.63) is 54.4 Å². The average molecular weight is 487 g/mol. The van der Waals surface area contributed by atoms with Gasteiger partial charge in [0.2, 0.25) is 5.91 Å². The summed E-state index contributed by atoms with van der Waals surface area (Å²) in [6.07, 6.45) is 1.65. The molecule has 1 atom stereocenters. The number of para-hydroxylation sites is 3. The number of aromatic nitrogens is 3. The minimum atomic E-state index is -0.343. The topological polar surface area (TPSA) is 78.3 Å². The van der Waals surface area contributed by atoms with Gasteiger partial charge in [-0.15, -0.1) is 22.0 Å². The highest BCUT2D eigenvalue weighted by molar-refractivity contribution is 7.99. The molecule has 1 heterocycles. The molecule has 0 aliphatic rings. The van der Waals surface area contributed by atoms with Gasteiger partial charge in [0.05, 0.1) is 18.6 Å². The van der Waals surface area contributed by atoms with E-state index in [4.69, 9.17) is 9.47 Å². The van der Waals surface area contributed by atoms with Crippen LogP contribution >= 0.6 is 23.5 Å². The monoisotopic (exact) mass is 486 g/mol. The Hall–Kier alpha value is -2.65. The van der Waals surface area contributed by atoms with Gasteiger partial charge in [0.15, 0.2) is 28.6 Å². The molecule has 9 heteroatoms. The third-order valence-corrected chi connectivity index (χ3v) is 6.51. The van der Waals surface area contributed by atoms with E-state index in [-0.39, 0.29) is 17.8 Å². The average Bonchev–Trinajstić information content (AvgIpc) is 3.20. The number of nitrogens with zero attached hydrogens (tertiary/aromatic N) is 3. The first-order valence-corrected chi connectivity index (χ1v) is 12.9. The zero-order valence-electron chi connectivity index (χ0n) is 19.6. The summed E-state index contributed by atoms with van der Waals surface area (Å²) in [6, 6.07) is 15.3. The highest BCUT2D eigenvalue weighted by atomic mass is 32.2. The number of benzene rings is 2. The first-order chi connectivity index (χ1) is 15.9. The van der Waals surface area contributed by atoms with E-state index in [1.54, 1.807) is 18.9 Å². The molecule has 2 aromatic carbocycles. The Labute approximate surface area is 203 Å². The number of carbonyl (C=O) groups excluding carboxylic acids is 1. The standard InChI is InChI=1S/C24H30N4O3S2/c1-16(2)14-28-23(17(3)31-20-12-8-7-11-19(20)30-4)26-27-24(28)33-15-22(29)25-18-10-6-9-13-21(18)32-5/h6-13,16-17H,14-15H2,1-5H3,(H,25,29). The maximum atomic E-state index is 12.6. The lowest BCUT2D eigenvalue weighted by Gasteiger charge is -2.19. The third kappa shape index (κ3) is 6.68. The van der Waals surface area contributed by atoms with Gasteiger partial charge in [-0.25, -0.2) is 0 Å². The second kappa shape index (κ2) is 12.0. The van der Waals surface area contributed by atoms with Crippen LogP contribution in [0.5, 0.6) is 11.5 Å². The quantitative estimate of drug-likeness (QED) is 0.357. The molecule has 0 saturated heterocycles. The lowest BCUT2D eigenvalue weighted by molar-refractivity contribution is -0.113. The van der Waals surface area contributed by atoms with Crippen molar-refractivity contribution in [1.82, 2.24) is 14.8 Å². The summed E-state index contributed by atoms with van der Waals surface area (Å²) in [6.45, 7) is 6.93. The van der Waals surface area contributed by atoms with Crippen LogP contribution in [-0.2, 0) is 11.3 Å². The lowest BCUT2D eigenvalue weighted by atomic mass is 10.2. The van der Waals surface area contributed by atoms with Gasteiger partial charge in [-0.05, 0) is 43.4 Å². The molecule has 0 spiro atoms. The Morgan fingerprint density at radius 3 is 2.45 bits per heavy atom. The molecule has 1 N–H and O–H groups in total. The van der Waals surface area contributed by atoms with Gasteiger partial charge >= 0.3 is 0 Å². The highest BCUT2D eigenvalue weighted by Crippen LogP contribution is 2.31. The fourth-order valence-electron chi connectivity index (χ4n) is 3.27. The summed E-state index contributed by atoms with van der Waals surface area (Å²) in [5.74, 6) is 2.55. The molecule has 0 aliphatic carbocycles. The molecule has 1 amide bonds. The van der Waals surface area contributed by atoms with Gasteiger partial charge in [-0.1, -0.05) is 49.9 Å². The van der Waals surface area contributed by atoms with Crippen LogP contribution in [0.4, 0.5) is 5.69 Å². The van der Waals surface area contributed by atoms with Gasteiger partial charge in [-0.3, -0.25) is 4.79 Å². The number of hydrogen-bond acceptors (Lipinski definition) is 7. The zero-order valence-corrected chi connectivity index (χ0v) is 21.2. The Kier molecular flexibility index (Phi) is 9.08. The number of nitrogens with one attached hydrogen (secondary N) is 1. The number of amides is 1. The van der Waals surface area contributed by atoms with Crippen molar-refractivity contribution in [2.45, 2.75) is 43.5 Å². The van der Waals surface area contributed by atoms with E-state index < -0.39 is 0 Å². The molecule has 1 unspecified atom stereocenters. The molecule has 3 aromatic rings. The van der Waals surface area contributed by atoms with Gasteiger partial charge in [-0.2, -0.15) is 0 Å². The van der Waals surface area contributed by atoms with Gasteiger partial charge in [0.25, 0.3) is 0 Å². The molecule has 0 bridgehead atoms. The first-order valence-electron chi connectivity index (χ1n) is 10.7. The molecule has 176 valence electrons. The van der Waals surface area contributed by atoms with Crippen molar-refractivity contribution in [2.24, 2.45) is 5.92 Å². The Morgan fingerprint density at radius 2 is 1.76 bits per heavy atom. The van der Waals surface area contributed by atoms with Gasteiger partial charge in [0.1, 0.15) is 0 Å². The molecule has 0 fully saturated rings. The fraction of sp³-hybridized carbons (Fsp3) is 0.375. The molecular weight excluding hydrogens is 456 g/mol. The van der Waals surface area contributed by atoms with E-state index in [9.17, 15) is 4.79 Å². The van der Waals surface area contributed by atoms with Gasteiger partial charge < -0.3 is 19.4 Å². The fourth-order valence-corrected chi connectivity index (χ4v) is 4.58. The summed E-state index contributed by atoms with van der Waals surface area (Å²) in [4.78, 5) is 13.6. The Morgan fingerprint density at radius 1 is 1.06 bits per heavy atom. The summed E-state index contributed by atoms with van der Waals surface area (Å²) >= 11 is 2.97. The molecular formula is C24H30N4O3S2. The predicted molar refractivity (Wildman–Crippen MR) is 134 cm³/mol. The zero-order chi connectivity index (χ0) is 23.8. The second-order valence-corrected chi connectivity index (χ2v) is 9.58. The number of methoxy groups -OCH3 is 1. The number of rotatable bonds is 11. The number of carbonyl (C=O) groups is 1. The largest absolute Gasteiger partial charge is 0.493 e. The van der Waals surface area contributed by atoms with Crippen LogP contribution in [0.3, 0.4) is 0 Å². The van der Waals surface area contributed by atoms with Crippen LogP contribution in [-0.4, -0.2) is 39.8 Å².